The van der Waals surface area contributed by atoms with Crippen molar-refractivity contribution in [3.05, 3.63) is 90.2 Å². The molecule has 2 aromatic carbocycles. The van der Waals surface area contributed by atoms with Crippen LogP contribution in [0.4, 0.5) is 17.3 Å². The summed E-state index contributed by atoms with van der Waals surface area (Å²) in [6, 6.07) is 17.3. The van der Waals surface area contributed by atoms with Crippen molar-refractivity contribution in [3.8, 4) is 0 Å². The van der Waals surface area contributed by atoms with Gasteiger partial charge >= 0.3 is 0 Å². The van der Waals surface area contributed by atoms with Crippen molar-refractivity contribution in [2.24, 2.45) is 0 Å². The molecule has 1 aromatic heterocycles. The molecule has 0 aliphatic carbocycles. The minimum absolute atomic E-state index is 0.165. The second-order valence-electron chi connectivity index (χ2n) is 7.14. The number of nitrogens with zero attached hydrogens (tertiary/aromatic N) is 3. The van der Waals surface area contributed by atoms with Gasteiger partial charge in [0.1, 0.15) is 0 Å². The number of hydrogen-bond donors (Lipinski definition) is 1. The van der Waals surface area contributed by atoms with Gasteiger partial charge in [-0.25, -0.2) is 9.97 Å². The maximum Gasteiger partial charge on any atom is 0.254 e. The molecule has 3 rings (SSSR count). The Morgan fingerprint density at radius 1 is 0.968 bits per heavy atom. The van der Waals surface area contributed by atoms with Crippen LogP contribution < -0.4 is 10.2 Å². The SMILES string of the molecule is C=CCCCCCCNC(=O)c1cnc(N(c2ccccc2)c2ccccc2Cl)nc1. The number of amides is 1. The molecular weight excluding hydrogens is 408 g/mol. The first-order valence-corrected chi connectivity index (χ1v) is 10.9. The molecule has 1 amide bonds. The first kappa shape index (κ1) is 22.5. The van der Waals surface area contributed by atoms with Crippen LogP contribution in [0.15, 0.2) is 79.6 Å². The lowest BCUT2D eigenvalue weighted by Gasteiger charge is -2.23. The van der Waals surface area contributed by atoms with Gasteiger partial charge in [-0.15, -0.1) is 6.58 Å². The van der Waals surface area contributed by atoms with E-state index in [4.69, 9.17) is 11.6 Å². The van der Waals surface area contributed by atoms with Gasteiger partial charge in [-0.2, -0.15) is 0 Å². The van der Waals surface area contributed by atoms with Gasteiger partial charge in [0.05, 0.1) is 16.3 Å². The van der Waals surface area contributed by atoms with Crippen molar-refractivity contribution in [1.82, 2.24) is 15.3 Å². The third-order valence-electron chi connectivity index (χ3n) is 4.83. The van der Waals surface area contributed by atoms with Gasteiger partial charge < -0.3 is 5.32 Å². The van der Waals surface area contributed by atoms with E-state index in [-0.39, 0.29) is 5.91 Å². The second-order valence-corrected chi connectivity index (χ2v) is 7.55. The molecule has 31 heavy (non-hydrogen) atoms. The van der Waals surface area contributed by atoms with Crippen molar-refractivity contribution >= 4 is 34.8 Å². The van der Waals surface area contributed by atoms with Crippen molar-refractivity contribution < 1.29 is 4.79 Å². The van der Waals surface area contributed by atoms with Crippen LogP contribution in [0.5, 0.6) is 0 Å². The number of carbonyl (C=O) groups excluding carboxylic acids is 1. The van der Waals surface area contributed by atoms with E-state index in [1.54, 1.807) is 12.4 Å². The molecule has 0 bridgehead atoms. The van der Waals surface area contributed by atoms with Crippen LogP contribution in [0.2, 0.25) is 5.02 Å². The number of anilines is 3. The zero-order chi connectivity index (χ0) is 21.9. The Kier molecular flexibility index (Phi) is 8.61. The molecule has 5 nitrogen and oxygen atoms in total. The molecule has 1 N–H and O–H groups in total. The molecule has 0 spiro atoms. The fraction of sp³-hybridized carbons (Fsp3) is 0.240. The molecule has 0 unspecified atom stereocenters. The van der Waals surface area contributed by atoms with Crippen LogP contribution in [-0.2, 0) is 0 Å². The number of allylic oxidation sites excluding steroid dienone is 1. The molecule has 3 aromatic rings. The van der Waals surface area contributed by atoms with E-state index in [1.807, 2.05) is 65.6 Å². The van der Waals surface area contributed by atoms with Crippen molar-refractivity contribution in [2.45, 2.75) is 32.1 Å². The lowest BCUT2D eigenvalue weighted by molar-refractivity contribution is 0.0952. The van der Waals surface area contributed by atoms with Gasteiger partial charge in [-0.3, -0.25) is 9.69 Å². The Hall–Kier alpha value is -3.18. The third kappa shape index (κ3) is 6.40. The highest BCUT2D eigenvalue weighted by atomic mass is 35.5. The van der Waals surface area contributed by atoms with E-state index in [1.165, 1.54) is 0 Å². The Bertz CT molecular complexity index is 976. The normalized spacial score (nSPS) is 10.5. The number of aromatic nitrogens is 2. The number of hydrogen-bond acceptors (Lipinski definition) is 4. The van der Waals surface area contributed by atoms with Crippen molar-refractivity contribution in [3.63, 3.8) is 0 Å². The number of benzene rings is 2. The van der Waals surface area contributed by atoms with Crippen LogP contribution >= 0.6 is 11.6 Å². The minimum Gasteiger partial charge on any atom is -0.352 e. The Labute approximate surface area is 188 Å². The first-order chi connectivity index (χ1) is 15.2. The van der Waals surface area contributed by atoms with Gasteiger partial charge in [-0.1, -0.05) is 60.9 Å². The molecule has 0 aliphatic rings. The van der Waals surface area contributed by atoms with Crippen LogP contribution in [-0.4, -0.2) is 22.4 Å². The zero-order valence-electron chi connectivity index (χ0n) is 17.5. The lowest BCUT2D eigenvalue weighted by Crippen LogP contribution is -2.25. The Morgan fingerprint density at radius 3 is 2.35 bits per heavy atom. The third-order valence-corrected chi connectivity index (χ3v) is 5.15. The average Bonchev–Trinajstić information content (AvgIpc) is 2.81. The predicted octanol–water partition coefficient (Wildman–Crippen LogP) is 6.47. The van der Waals surface area contributed by atoms with E-state index in [2.05, 4.69) is 21.9 Å². The number of rotatable bonds is 11. The fourth-order valence-electron chi connectivity index (χ4n) is 3.20. The van der Waals surface area contributed by atoms with E-state index in [0.29, 0.717) is 23.1 Å². The van der Waals surface area contributed by atoms with Gasteiger partial charge in [0, 0.05) is 24.6 Å². The molecule has 0 saturated heterocycles. The highest BCUT2D eigenvalue weighted by Gasteiger charge is 2.18. The van der Waals surface area contributed by atoms with Crippen molar-refractivity contribution in [1.29, 1.82) is 0 Å². The number of halogens is 1. The summed E-state index contributed by atoms with van der Waals surface area (Å²) in [5.74, 6) is 0.278. The number of para-hydroxylation sites is 2. The smallest absolute Gasteiger partial charge is 0.254 e. The van der Waals surface area contributed by atoms with Crippen LogP contribution in [0, 0.1) is 0 Å². The topological polar surface area (TPSA) is 58.1 Å². The Morgan fingerprint density at radius 2 is 1.65 bits per heavy atom. The van der Waals surface area contributed by atoms with Gasteiger partial charge in [0.25, 0.3) is 5.91 Å². The molecule has 0 radical (unpaired) electrons. The monoisotopic (exact) mass is 434 g/mol. The van der Waals surface area contributed by atoms with Gasteiger partial charge in [0.2, 0.25) is 5.95 Å². The summed E-state index contributed by atoms with van der Waals surface area (Å²) >= 11 is 6.45. The van der Waals surface area contributed by atoms with Crippen molar-refractivity contribution in [2.75, 3.05) is 11.4 Å². The highest BCUT2D eigenvalue weighted by Crippen LogP contribution is 2.36. The predicted molar refractivity (Wildman–Crippen MR) is 127 cm³/mol. The molecule has 0 fully saturated rings. The summed E-state index contributed by atoms with van der Waals surface area (Å²) in [7, 11) is 0. The fourth-order valence-corrected chi connectivity index (χ4v) is 3.42. The molecule has 0 atom stereocenters. The summed E-state index contributed by atoms with van der Waals surface area (Å²) in [6.07, 6.45) is 10.4. The number of unbranched alkanes of at least 4 members (excludes halogenated alkanes) is 4. The summed E-state index contributed by atoms with van der Waals surface area (Å²) in [5, 5.41) is 3.53. The Balaban J connectivity index is 1.68. The number of carbonyl (C=O) groups is 1. The maximum absolute atomic E-state index is 12.4. The summed E-state index contributed by atoms with van der Waals surface area (Å²) in [6.45, 7) is 4.37. The molecule has 160 valence electrons. The largest absolute Gasteiger partial charge is 0.352 e. The van der Waals surface area contributed by atoms with E-state index in [9.17, 15) is 4.79 Å². The first-order valence-electron chi connectivity index (χ1n) is 10.5. The lowest BCUT2D eigenvalue weighted by atomic mass is 10.1. The average molecular weight is 435 g/mol. The number of nitrogens with one attached hydrogen (secondary N) is 1. The maximum atomic E-state index is 12.4. The summed E-state index contributed by atoms with van der Waals surface area (Å²) < 4.78 is 0. The second kappa shape index (κ2) is 11.9. The molecule has 1 heterocycles. The molecular formula is C25H27ClN4O. The summed E-state index contributed by atoms with van der Waals surface area (Å²) in [4.78, 5) is 23.2. The molecule has 6 heteroatoms. The van der Waals surface area contributed by atoms with Gasteiger partial charge in [0.15, 0.2) is 0 Å². The van der Waals surface area contributed by atoms with Crippen LogP contribution in [0.3, 0.4) is 0 Å². The zero-order valence-corrected chi connectivity index (χ0v) is 18.3. The minimum atomic E-state index is -0.165. The van der Waals surface area contributed by atoms with Crippen LogP contribution in [0.1, 0.15) is 42.5 Å². The quantitative estimate of drug-likeness (QED) is 0.277. The summed E-state index contributed by atoms with van der Waals surface area (Å²) in [5.41, 5.74) is 2.08. The van der Waals surface area contributed by atoms with E-state index >= 15 is 0 Å². The standard InChI is InChI=1S/C25H27ClN4O/c1-2-3-4-5-6-12-17-27-24(31)20-18-28-25(29-19-20)30(21-13-8-7-9-14-21)23-16-11-10-15-22(23)26/h2,7-11,13-16,18-19H,1,3-6,12,17H2,(H,27,31). The highest BCUT2D eigenvalue weighted by molar-refractivity contribution is 6.33. The molecule has 0 saturated carbocycles. The van der Waals surface area contributed by atoms with E-state index < -0.39 is 0 Å². The molecule has 0 aliphatic heterocycles. The van der Waals surface area contributed by atoms with Crippen LogP contribution in [0.25, 0.3) is 0 Å². The van der Waals surface area contributed by atoms with E-state index in [0.717, 1.165) is 43.5 Å². The van der Waals surface area contributed by atoms with Gasteiger partial charge in [-0.05, 0) is 43.5 Å².